The Balaban J connectivity index is 2.43. The molecule has 0 aromatic heterocycles. The molecule has 0 aliphatic heterocycles. The minimum atomic E-state index is -1.13. The van der Waals surface area contributed by atoms with Crippen LogP contribution < -0.4 is 4.74 Å². The van der Waals surface area contributed by atoms with E-state index < -0.39 is 10.9 Å². The lowest BCUT2D eigenvalue weighted by molar-refractivity contribution is -0.385. The van der Waals surface area contributed by atoms with Crippen molar-refractivity contribution in [2.24, 2.45) is 0 Å². The molecule has 0 saturated heterocycles. The van der Waals surface area contributed by atoms with E-state index in [0.29, 0.717) is 4.47 Å². The summed E-state index contributed by atoms with van der Waals surface area (Å²) in [6.45, 7) is 1.76. The number of halogens is 1. The Morgan fingerprint density at radius 1 is 1.29 bits per heavy atom. The molecule has 21 heavy (non-hydrogen) atoms. The first-order valence-electron chi connectivity index (χ1n) is 5.83. The van der Waals surface area contributed by atoms with Crippen LogP contribution in [0.25, 0.3) is 0 Å². The van der Waals surface area contributed by atoms with Gasteiger partial charge < -0.3 is 9.84 Å². The molecule has 0 radical (unpaired) electrons. The van der Waals surface area contributed by atoms with Gasteiger partial charge >= 0.3 is 5.97 Å². The number of benzene rings is 2. The summed E-state index contributed by atoms with van der Waals surface area (Å²) in [5.41, 5.74) is 0.626. The molecule has 2 rings (SSSR count). The average Bonchev–Trinajstić information content (AvgIpc) is 2.40. The van der Waals surface area contributed by atoms with Crippen LogP contribution in [0, 0.1) is 17.0 Å². The van der Waals surface area contributed by atoms with Crippen molar-refractivity contribution in [1.82, 2.24) is 0 Å². The first-order chi connectivity index (χ1) is 9.86. The Morgan fingerprint density at radius 2 is 2.00 bits per heavy atom. The molecule has 1 N–H and O–H groups in total. The molecule has 0 spiro atoms. The molecule has 0 saturated carbocycles. The fourth-order valence-corrected chi connectivity index (χ4v) is 2.20. The third-order valence-corrected chi connectivity index (χ3v) is 3.12. The Kier molecular flexibility index (Phi) is 4.23. The number of ether oxygens (including phenoxy) is 1. The van der Waals surface area contributed by atoms with E-state index >= 15 is 0 Å². The van der Waals surface area contributed by atoms with Gasteiger partial charge in [0.2, 0.25) is 0 Å². The maximum Gasteiger partial charge on any atom is 0.339 e. The van der Waals surface area contributed by atoms with Gasteiger partial charge in [0, 0.05) is 10.5 Å². The monoisotopic (exact) mass is 351 g/mol. The highest BCUT2D eigenvalue weighted by molar-refractivity contribution is 9.10. The van der Waals surface area contributed by atoms with E-state index in [4.69, 9.17) is 9.84 Å². The lowest BCUT2D eigenvalue weighted by atomic mass is 10.1. The minimum Gasteiger partial charge on any atom is -0.478 e. The maximum absolute atomic E-state index is 11.2. The zero-order chi connectivity index (χ0) is 15.6. The second-order valence-electron chi connectivity index (χ2n) is 4.31. The third-order valence-electron chi connectivity index (χ3n) is 2.66. The van der Waals surface area contributed by atoms with Gasteiger partial charge in [-0.25, -0.2) is 4.79 Å². The van der Waals surface area contributed by atoms with E-state index in [9.17, 15) is 14.9 Å². The number of nitrogens with zero attached hydrogens (tertiary/aromatic N) is 1. The van der Waals surface area contributed by atoms with Crippen LogP contribution in [0.2, 0.25) is 0 Å². The van der Waals surface area contributed by atoms with E-state index in [1.165, 1.54) is 30.3 Å². The second-order valence-corrected chi connectivity index (χ2v) is 5.22. The summed E-state index contributed by atoms with van der Waals surface area (Å²) in [7, 11) is 0. The summed E-state index contributed by atoms with van der Waals surface area (Å²) in [4.78, 5) is 21.5. The fraction of sp³-hybridized carbons (Fsp3) is 0.0714. The van der Waals surface area contributed by atoms with Gasteiger partial charge in [-0.3, -0.25) is 10.1 Å². The molecule has 2 aromatic rings. The van der Waals surface area contributed by atoms with Crippen molar-refractivity contribution in [3.63, 3.8) is 0 Å². The molecular weight excluding hydrogens is 342 g/mol. The van der Waals surface area contributed by atoms with Crippen molar-refractivity contribution in [3.8, 4) is 11.5 Å². The number of hydrogen-bond donors (Lipinski definition) is 1. The van der Waals surface area contributed by atoms with Gasteiger partial charge in [-0.1, -0.05) is 27.6 Å². The number of rotatable bonds is 4. The standard InChI is InChI=1S/C14H10BrNO5/c1-8-2-3-13(12(4-8)14(17)18)21-11-6-9(15)5-10(7-11)16(19)20/h2-7H,1H3,(H,17,18). The first-order valence-corrected chi connectivity index (χ1v) is 6.63. The molecule has 2 aromatic carbocycles. The van der Waals surface area contributed by atoms with Crippen LogP contribution in [0.5, 0.6) is 11.5 Å². The highest BCUT2D eigenvalue weighted by Gasteiger charge is 2.15. The van der Waals surface area contributed by atoms with Crippen molar-refractivity contribution >= 4 is 27.6 Å². The van der Waals surface area contributed by atoms with Crippen LogP contribution in [0.1, 0.15) is 15.9 Å². The van der Waals surface area contributed by atoms with Gasteiger partial charge in [-0.2, -0.15) is 0 Å². The van der Waals surface area contributed by atoms with E-state index in [1.54, 1.807) is 13.0 Å². The lowest BCUT2D eigenvalue weighted by Gasteiger charge is -2.09. The van der Waals surface area contributed by atoms with Gasteiger partial charge in [0.15, 0.2) is 0 Å². The summed E-state index contributed by atoms with van der Waals surface area (Å²) in [5, 5.41) is 20.0. The van der Waals surface area contributed by atoms with Crippen LogP contribution >= 0.6 is 15.9 Å². The predicted octanol–water partition coefficient (Wildman–Crippen LogP) is 4.16. The zero-order valence-corrected chi connectivity index (χ0v) is 12.5. The Bertz CT molecular complexity index is 729. The number of carboxylic acid groups (broad SMARTS) is 1. The quantitative estimate of drug-likeness (QED) is 0.659. The van der Waals surface area contributed by atoms with E-state index in [2.05, 4.69) is 15.9 Å². The molecule has 0 atom stereocenters. The molecule has 0 aliphatic carbocycles. The van der Waals surface area contributed by atoms with E-state index in [0.717, 1.165) is 5.56 Å². The number of aromatic carboxylic acids is 1. The number of hydrogen-bond acceptors (Lipinski definition) is 4. The summed E-state index contributed by atoms with van der Waals surface area (Å²) in [6.07, 6.45) is 0. The van der Waals surface area contributed by atoms with Crippen molar-refractivity contribution in [2.45, 2.75) is 6.92 Å². The van der Waals surface area contributed by atoms with Crippen LogP contribution in [0.15, 0.2) is 40.9 Å². The van der Waals surface area contributed by atoms with Crippen LogP contribution in [0.3, 0.4) is 0 Å². The Morgan fingerprint density at radius 3 is 2.62 bits per heavy atom. The molecule has 0 bridgehead atoms. The summed E-state index contributed by atoms with van der Waals surface area (Å²) >= 11 is 3.15. The number of aryl methyl sites for hydroxylation is 1. The van der Waals surface area contributed by atoms with Crippen molar-refractivity contribution in [1.29, 1.82) is 0 Å². The Hall–Kier alpha value is -2.41. The minimum absolute atomic E-state index is 0.00220. The highest BCUT2D eigenvalue weighted by Crippen LogP contribution is 2.31. The topological polar surface area (TPSA) is 89.7 Å². The van der Waals surface area contributed by atoms with E-state index in [1.807, 2.05) is 0 Å². The largest absolute Gasteiger partial charge is 0.478 e. The van der Waals surface area contributed by atoms with Crippen LogP contribution in [-0.2, 0) is 0 Å². The van der Waals surface area contributed by atoms with Gasteiger partial charge in [0.05, 0.1) is 11.0 Å². The number of nitro groups is 1. The number of non-ortho nitro benzene ring substituents is 1. The molecule has 7 heteroatoms. The third kappa shape index (κ3) is 3.57. The second kappa shape index (κ2) is 5.92. The predicted molar refractivity (Wildman–Crippen MR) is 79.0 cm³/mol. The van der Waals surface area contributed by atoms with Crippen LogP contribution in [0.4, 0.5) is 5.69 Å². The molecular formula is C14H10BrNO5. The van der Waals surface area contributed by atoms with Gasteiger partial charge in [0.1, 0.15) is 17.1 Å². The van der Waals surface area contributed by atoms with Crippen molar-refractivity contribution in [3.05, 3.63) is 62.1 Å². The Labute approximate surface area is 128 Å². The van der Waals surface area contributed by atoms with Gasteiger partial charge in [0.25, 0.3) is 5.69 Å². The zero-order valence-electron chi connectivity index (χ0n) is 10.9. The average molecular weight is 352 g/mol. The summed E-state index contributed by atoms with van der Waals surface area (Å²) in [6, 6.07) is 8.79. The molecule has 0 fully saturated rings. The molecule has 0 aliphatic rings. The summed E-state index contributed by atoms with van der Waals surface area (Å²) in [5.74, 6) is -0.818. The number of carboxylic acids is 1. The highest BCUT2D eigenvalue weighted by atomic mass is 79.9. The molecule has 0 amide bonds. The molecule has 108 valence electrons. The van der Waals surface area contributed by atoms with E-state index in [-0.39, 0.29) is 22.7 Å². The van der Waals surface area contributed by atoms with Crippen LogP contribution in [-0.4, -0.2) is 16.0 Å². The molecule has 6 nitrogen and oxygen atoms in total. The number of carbonyl (C=O) groups is 1. The van der Waals surface area contributed by atoms with Crippen molar-refractivity contribution in [2.75, 3.05) is 0 Å². The summed E-state index contributed by atoms with van der Waals surface area (Å²) < 4.78 is 5.95. The molecule has 0 heterocycles. The first kappa shape index (κ1) is 15.0. The maximum atomic E-state index is 11.2. The number of nitro benzene ring substituents is 1. The van der Waals surface area contributed by atoms with Crippen molar-refractivity contribution < 1.29 is 19.6 Å². The SMILES string of the molecule is Cc1ccc(Oc2cc(Br)cc([N+](=O)[O-])c2)c(C(=O)O)c1. The van der Waals surface area contributed by atoms with Gasteiger partial charge in [-0.15, -0.1) is 0 Å². The normalized spacial score (nSPS) is 10.2. The fourth-order valence-electron chi connectivity index (χ4n) is 1.74. The molecule has 0 unspecified atom stereocenters. The lowest BCUT2D eigenvalue weighted by Crippen LogP contribution is -2.01. The van der Waals surface area contributed by atoms with Gasteiger partial charge in [-0.05, 0) is 25.1 Å². The smallest absolute Gasteiger partial charge is 0.339 e.